The summed E-state index contributed by atoms with van der Waals surface area (Å²) in [7, 11) is 0. The molecule has 0 radical (unpaired) electrons. The van der Waals surface area contributed by atoms with E-state index in [0.717, 1.165) is 11.1 Å². The lowest BCUT2D eigenvalue weighted by Crippen LogP contribution is -2.28. The van der Waals surface area contributed by atoms with E-state index >= 15 is 0 Å². The Kier molecular flexibility index (Phi) is 3.62. The highest BCUT2D eigenvalue weighted by atomic mass is 127. The first-order valence-electron chi connectivity index (χ1n) is 4.26. The Morgan fingerprint density at radius 3 is 2.60 bits per heavy atom. The van der Waals surface area contributed by atoms with E-state index in [4.69, 9.17) is 5.84 Å². The number of hydrazine groups is 1. The van der Waals surface area contributed by atoms with Gasteiger partial charge < -0.3 is 0 Å². The molecule has 4 nitrogen and oxygen atoms in total. The molecule has 0 fully saturated rings. The van der Waals surface area contributed by atoms with Gasteiger partial charge in [0.1, 0.15) is 6.33 Å². The molecule has 78 valence electrons. The monoisotopic (exact) mass is 332 g/mol. The molecule has 0 aliphatic carbocycles. The summed E-state index contributed by atoms with van der Waals surface area (Å²) in [4.78, 5) is 7.96. The molecule has 0 spiro atoms. The van der Waals surface area contributed by atoms with Crippen LogP contribution in [0.25, 0.3) is 0 Å². The van der Waals surface area contributed by atoms with E-state index in [1.54, 1.807) is 23.7 Å². The first-order chi connectivity index (χ1) is 7.31. The van der Waals surface area contributed by atoms with E-state index < -0.39 is 0 Å². The Bertz CT molecular complexity index is 431. The highest BCUT2D eigenvalue weighted by Gasteiger charge is 2.13. The zero-order chi connectivity index (χ0) is 10.7. The van der Waals surface area contributed by atoms with Crippen molar-refractivity contribution in [2.24, 2.45) is 5.84 Å². The molecule has 0 amide bonds. The maximum atomic E-state index is 5.54. The molecule has 0 aliphatic rings. The fourth-order valence-electron chi connectivity index (χ4n) is 1.32. The Labute approximate surface area is 105 Å². The predicted molar refractivity (Wildman–Crippen MR) is 68.2 cm³/mol. The van der Waals surface area contributed by atoms with Crippen molar-refractivity contribution in [2.75, 3.05) is 0 Å². The Hall–Kier alpha value is -0.570. The Morgan fingerprint density at radius 2 is 2.07 bits per heavy atom. The first kappa shape index (κ1) is 10.9. The lowest BCUT2D eigenvalue weighted by atomic mass is 10.1. The average Bonchev–Trinajstić information content (AvgIpc) is 2.68. The number of hydrogen-bond acceptors (Lipinski definition) is 5. The summed E-state index contributed by atoms with van der Waals surface area (Å²) in [5.74, 6) is 5.54. The van der Waals surface area contributed by atoms with Gasteiger partial charge in [0.2, 0.25) is 0 Å². The van der Waals surface area contributed by atoms with Crippen LogP contribution >= 0.6 is 33.9 Å². The van der Waals surface area contributed by atoms with Crippen molar-refractivity contribution in [2.45, 2.75) is 6.04 Å². The van der Waals surface area contributed by atoms with Crippen molar-refractivity contribution in [1.82, 2.24) is 15.4 Å². The summed E-state index contributed by atoms with van der Waals surface area (Å²) in [6.07, 6.45) is 5.04. The van der Waals surface area contributed by atoms with Gasteiger partial charge in [0.25, 0.3) is 0 Å². The van der Waals surface area contributed by atoms with Crippen molar-refractivity contribution in [3.63, 3.8) is 0 Å². The molecule has 2 aromatic heterocycles. The molecular formula is C9H9IN4S. The lowest BCUT2D eigenvalue weighted by molar-refractivity contribution is 0.633. The molecule has 1 atom stereocenters. The molecular weight excluding hydrogens is 323 g/mol. The van der Waals surface area contributed by atoms with Gasteiger partial charge >= 0.3 is 0 Å². The number of rotatable bonds is 3. The molecule has 0 aromatic carbocycles. The minimum atomic E-state index is -0.0361. The van der Waals surface area contributed by atoms with Crippen LogP contribution in [0.2, 0.25) is 0 Å². The molecule has 2 heterocycles. The molecule has 15 heavy (non-hydrogen) atoms. The predicted octanol–water partition coefficient (Wildman–Crippen LogP) is 1.70. The van der Waals surface area contributed by atoms with Crippen molar-refractivity contribution in [3.8, 4) is 0 Å². The van der Waals surface area contributed by atoms with Gasteiger partial charge in [-0.2, -0.15) is 0 Å². The van der Waals surface area contributed by atoms with E-state index in [-0.39, 0.29) is 6.04 Å². The molecule has 0 aliphatic heterocycles. The molecule has 2 aromatic rings. The van der Waals surface area contributed by atoms with Gasteiger partial charge in [0, 0.05) is 18.0 Å². The second-order valence-electron chi connectivity index (χ2n) is 2.96. The van der Waals surface area contributed by atoms with Crippen molar-refractivity contribution in [1.29, 1.82) is 0 Å². The Balaban J connectivity index is 2.33. The quantitative estimate of drug-likeness (QED) is 0.510. The standard InChI is InChI=1S/C9H9IN4S/c10-8-1-6(4-15-8)9(14-11)7-2-12-5-13-3-7/h1-5,9,14H,11H2. The molecule has 3 N–H and O–H groups in total. The van der Waals surface area contributed by atoms with Crippen LogP contribution in [-0.2, 0) is 0 Å². The molecule has 1 unspecified atom stereocenters. The SMILES string of the molecule is NNC(c1cncnc1)c1csc(I)c1. The van der Waals surface area contributed by atoms with E-state index in [2.05, 4.69) is 49.4 Å². The van der Waals surface area contributed by atoms with Gasteiger partial charge in [-0.05, 0) is 39.6 Å². The number of thiophene rings is 1. The minimum Gasteiger partial charge on any atom is -0.271 e. The number of nitrogens with one attached hydrogen (secondary N) is 1. The van der Waals surface area contributed by atoms with Gasteiger partial charge in [0.05, 0.1) is 8.93 Å². The third kappa shape index (κ3) is 2.51. The van der Waals surface area contributed by atoms with Gasteiger partial charge in [-0.1, -0.05) is 0 Å². The van der Waals surface area contributed by atoms with E-state index in [1.807, 2.05) is 0 Å². The number of aromatic nitrogens is 2. The second kappa shape index (κ2) is 4.97. The summed E-state index contributed by atoms with van der Waals surface area (Å²) in [5, 5.41) is 2.08. The van der Waals surface area contributed by atoms with Crippen molar-refractivity contribution >= 4 is 33.9 Å². The van der Waals surface area contributed by atoms with Crippen LogP contribution in [0.1, 0.15) is 17.2 Å². The third-order valence-corrected chi connectivity index (χ3v) is 3.81. The van der Waals surface area contributed by atoms with Crippen LogP contribution in [-0.4, -0.2) is 9.97 Å². The minimum absolute atomic E-state index is 0.0361. The van der Waals surface area contributed by atoms with Crippen LogP contribution in [0.4, 0.5) is 0 Å². The number of hydrogen-bond donors (Lipinski definition) is 2. The molecule has 6 heteroatoms. The lowest BCUT2D eigenvalue weighted by Gasteiger charge is -2.13. The maximum Gasteiger partial charge on any atom is 0.115 e. The summed E-state index contributed by atoms with van der Waals surface area (Å²) < 4.78 is 1.24. The average molecular weight is 332 g/mol. The summed E-state index contributed by atoms with van der Waals surface area (Å²) in [6.45, 7) is 0. The van der Waals surface area contributed by atoms with Crippen molar-refractivity contribution < 1.29 is 0 Å². The van der Waals surface area contributed by atoms with Crippen LogP contribution in [0.5, 0.6) is 0 Å². The smallest absolute Gasteiger partial charge is 0.115 e. The third-order valence-electron chi connectivity index (χ3n) is 2.00. The molecule has 0 saturated carbocycles. The molecule has 2 rings (SSSR count). The second-order valence-corrected chi connectivity index (χ2v) is 5.76. The highest BCUT2D eigenvalue weighted by Crippen LogP contribution is 2.25. The summed E-state index contributed by atoms with van der Waals surface area (Å²) in [6, 6.07) is 2.06. The molecule has 0 bridgehead atoms. The molecule has 0 saturated heterocycles. The highest BCUT2D eigenvalue weighted by molar-refractivity contribution is 14.1. The van der Waals surface area contributed by atoms with Crippen LogP contribution in [0.3, 0.4) is 0 Å². The number of halogens is 1. The number of nitrogens with two attached hydrogens (primary N) is 1. The number of nitrogens with zero attached hydrogens (tertiary/aromatic N) is 2. The summed E-state index contributed by atoms with van der Waals surface area (Å²) in [5.41, 5.74) is 4.88. The zero-order valence-electron chi connectivity index (χ0n) is 7.72. The van der Waals surface area contributed by atoms with E-state index in [9.17, 15) is 0 Å². The zero-order valence-corrected chi connectivity index (χ0v) is 10.7. The van der Waals surface area contributed by atoms with Crippen molar-refractivity contribution in [3.05, 3.63) is 44.2 Å². The van der Waals surface area contributed by atoms with Gasteiger partial charge in [-0.3, -0.25) is 5.84 Å². The van der Waals surface area contributed by atoms with Crippen LogP contribution < -0.4 is 11.3 Å². The summed E-state index contributed by atoms with van der Waals surface area (Å²) >= 11 is 3.98. The maximum absolute atomic E-state index is 5.54. The van der Waals surface area contributed by atoms with Gasteiger partial charge in [0.15, 0.2) is 0 Å². The Morgan fingerprint density at radius 1 is 1.33 bits per heavy atom. The van der Waals surface area contributed by atoms with Gasteiger partial charge in [-0.25, -0.2) is 15.4 Å². The normalized spacial score (nSPS) is 12.7. The largest absolute Gasteiger partial charge is 0.271 e. The van der Waals surface area contributed by atoms with Crippen LogP contribution in [0.15, 0.2) is 30.2 Å². The van der Waals surface area contributed by atoms with Gasteiger partial charge in [-0.15, -0.1) is 11.3 Å². The first-order valence-corrected chi connectivity index (χ1v) is 6.22. The topological polar surface area (TPSA) is 63.8 Å². The van der Waals surface area contributed by atoms with E-state index in [1.165, 1.54) is 9.21 Å². The van der Waals surface area contributed by atoms with Crippen LogP contribution in [0, 0.1) is 2.88 Å². The fraction of sp³-hybridized carbons (Fsp3) is 0.111. The van der Waals surface area contributed by atoms with E-state index in [0.29, 0.717) is 0 Å². The fourth-order valence-corrected chi connectivity index (χ4v) is 2.72.